The van der Waals surface area contributed by atoms with Crippen molar-refractivity contribution in [2.75, 3.05) is 0 Å². The summed E-state index contributed by atoms with van der Waals surface area (Å²) in [6.45, 7) is 0. The van der Waals surface area contributed by atoms with Crippen molar-refractivity contribution in [2.24, 2.45) is 7.05 Å². The number of hydrogen-bond acceptors (Lipinski definition) is 4. The molecule has 1 aliphatic heterocycles. The summed E-state index contributed by atoms with van der Waals surface area (Å²) in [5.74, 6) is -1.96. The lowest BCUT2D eigenvalue weighted by atomic mass is 10.1. The van der Waals surface area contributed by atoms with Gasteiger partial charge < -0.3 is 5.11 Å². The molecule has 0 aliphatic carbocycles. The normalized spacial score (nSPS) is 18.3. The maximum Gasteiger partial charge on any atom is 0.329 e. The number of benzene rings is 1. The highest BCUT2D eigenvalue weighted by molar-refractivity contribution is 6.00. The number of carboxylic acid groups (broad SMARTS) is 1. The molecule has 124 valence electrons. The van der Waals surface area contributed by atoms with Crippen molar-refractivity contribution in [3.8, 4) is 0 Å². The fourth-order valence-corrected chi connectivity index (χ4v) is 2.99. The monoisotopic (exact) mass is 329 g/mol. The summed E-state index contributed by atoms with van der Waals surface area (Å²) in [7, 11) is 1.56. The first-order chi connectivity index (χ1) is 11.4. The van der Waals surface area contributed by atoms with Crippen molar-refractivity contribution in [1.82, 2.24) is 14.5 Å². The SMILES string of the molecule is Cn1c(=O)n(C2CCC(=O)NC2=O)c2cccc(/C=C/C(=O)O)c21. The molecule has 2 amide bonds. The largest absolute Gasteiger partial charge is 0.478 e. The van der Waals surface area contributed by atoms with Gasteiger partial charge in [-0.1, -0.05) is 12.1 Å². The van der Waals surface area contributed by atoms with Gasteiger partial charge in [-0.3, -0.25) is 24.0 Å². The van der Waals surface area contributed by atoms with Crippen LogP contribution in [0.2, 0.25) is 0 Å². The summed E-state index contributed by atoms with van der Waals surface area (Å²) < 4.78 is 2.73. The Labute approximate surface area is 136 Å². The van der Waals surface area contributed by atoms with Crippen LogP contribution in [0.15, 0.2) is 29.1 Å². The van der Waals surface area contributed by atoms with Crippen LogP contribution in [0.4, 0.5) is 0 Å². The second-order valence-corrected chi connectivity index (χ2v) is 5.57. The van der Waals surface area contributed by atoms with Crippen LogP contribution in [0.3, 0.4) is 0 Å². The summed E-state index contributed by atoms with van der Waals surface area (Å²) in [4.78, 5) is 46.8. The summed E-state index contributed by atoms with van der Waals surface area (Å²) in [5.41, 5.74) is 1.21. The van der Waals surface area contributed by atoms with Gasteiger partial charge in [0.05, 0.1) is 11.0 Å². The van der Waals surface area contributed by atoms with Gasteiger partial charge in [-0.25, -0.2) is 9.59 Å². The van der Waals surface area contributed by atoms with E-state index in [2.05, 4.69) is 5.32 Å². The Balaban J connectivity index is 2.20. The molecule has 3 rings (SSSR count). The van der Waals surface area contributed by atoms with Gasteiger partial charge in [-0.15, -0.1) is 0 Å². The summed E-state index contributed by atoms with van der Waals surface area (Å²) >= 11 is 0. The van der Waals surface area contributed by atoms with Gasteiger partial charge in [0.1, 0.15) is 6.04 Å². The number of carbonyl (C=O) groups excluding carboxylic acids is 2. The van der Waals surface area contributed by atoms with Crippen molar-refractivity contribution >= 4 is 34.9 Å². The van der Waals surface area contributed by atoms with E-state index in [0.29, 0.717) is 16.6 Å². The summed E-state index contributed by atoms with van der Waals surface area (Å²) in [5, 5.41) is 11.0. The Morgan fingerprint density at radius 2 is 2.08 bits per heavy atom. The van der Waals surface area contributed by atoms with E-state index in [0.717, 1.165) is 6.08 Å². The van der Waals surface area contributed by atoms with E-state index in [1.54, 1.807) is 25.2 Å². The standard InChI is InChI=1S/C16H15N3O5/c1-18-14-9(5-8-13(21)22)3-2-4-10(14)19(16(18)24)11-6-7-12(20)17-15(11)23/h2-5,8,11H,6-7H2,1H3,(H,21,22)(H,17,20,23)/b8-5+. The Morgan fingerprint density at radius 1 is 1.33 bits per heavy atom. The number of imidazole rings is 1. The number of para-hydroxylation sites is 1. The average Bonchev–Trinajstić information content (AvgIpc) is 2.78. The molecule has 2 N–H and O–H groups in total. The van der Waals surface area contributed by atoms with Crippen molar-refractivity contribution < 1.29 is 19.5 Å². The number of fused-ring (bicyclic) bond motifs is 1. The van der Waals surface area contributed by atoms with Gasteiger partial charge in [0, 0.05) is 25.1 Å². The molecule has 1 atom stereocenters. The zero-order valence-corrected chi connectivity index (χ0v) is 12.9. The molecule has 24 heavy (non-hydrogen) atoms. The highest BCUT2D eigenvalue weighted by Crippen LogP contribution is 2.25. The smallest absolute Gasteiger partial charge is 0.329 e. The number of aliphatic carboxylic acids is 1. The highest BCUT2D eigenvalue weighted by Gasteiger charge is 2.31. The quantitative estimate of drug-likeness (QED) is 0.626. The van der Waals surface area contributed by atoms with Crippen LogP contribution >= 0.6 is 0 Å². The summed E-state index contributed by atoms with van der Waals surface area (Å²) in [6, 6.07) is 4.30. The van der Waals surface area contributed by atoms with Gasteiger partial charge >= 0.3 is 11.7 Å². The van der Waals surface area contributed by atoms with Crippen LogP contribution in [0, 0.1) is 0 Å². The molecule has 0 spiro atoms. The van der Waals surface area contributed by atoms with Gasteiger partial charge in [0.2, 0.25) is 11.8 Å². The van der Waals surface area contributed by atoms with Crippen LogP contribution in [0.5, 0.6) is 0 Å². The second kappa shape index (κ2) is 5.80. The van der Waals surface area contributed by atoms with Crippen LogP contribution < -0.4 is 11.0 Å². The first kappa shape index (κ1) is 15.7. The molecule has 2 aromatic rings. The minimum Gasteiger partial charge on any atom is -0.478 e. The number of aromatic nitrogens is 2. The fraction of sp³-hybridized carbons (Fsp3) is 0.250. The topological polar surface area (TPSA) is 110 Å². The Morgan fingerprint density at radius 3 is 2.75 bits per heavy atom. The maximum absolute atomic E-state index is 12.6. The lowest BCUT2D eigenvalue weighted by molar-refractivity contribution is -0.136. The number of amides is 2. The van der Waals surface area contributed by atoms with Gasteiger partial charge in [-0.05, 0) is 18.6 Å². The lowest BCUT2D eigenvalue weighted by Gasteiger charge is -2.21. The third-order valence-electron chi connectivity index (χ3n) is 4.06. The van der Waals surface area contributed by atoms with Crippen LogP contribution in [-0.4, -0.2) is 32.0 Å². The zero-order valence-electron chi connectivity index (χ0n) is 12.9. The van der Waals surface area contributed by atoms with Crippen molar-refractivity contribution in [2.45, 2.75) is 18.9 Å². The number of aryl methyl sites for hydroxylation is 1. The molecule has 1 aromatic carbocycles. The van der Waals surface area contributed by atoms with Gasteiger partial charge in [0.15, 0.2) is 0 Å². The fourth-order valence-electron chi connectivity index (χ4n) is 2.99. The van der Waals surface area contributed by atoms with E-state index in [4.69, 9.17) is 5.11 Å². The van der Waals surface area contributed by atoms with Crippen LogP contribution in [-0.2, 0) is 21.4 Å². The molecule has 1 saturated heterocycles. The molecule has 8 heteroatoms. The number of rotatable bonds is 3. The van der Waals surface area contributed by atoms with Crippen molar-refractivity contribution in [1.29, 1.82) is 0 Å². The molecule has 1 fully saturated rings. The van der Waals surface area contributed by atoms with Crippen molar-refractivity contribution in [3.05, 3.63) is 40.3 Å². The molecule has 8 nitrogen and oxygen atoms in total. The third kappa shape index (κ3) is 2.51. The van der Waals surface area contributed by atoms with E-state index >= 15 is 0 Å². The molecule has 0 radical (unpaired) electrons. The number of carboxylic acids is 1. The van der Waals surface area contributed by atoms with Crippen LogP contribution in [0.1, 0.15) is 24.4 Å². The van der Waals surface area contributed by atoms with E-state index < -0.39 is 23.6 Å². The Hall–Kier alpha value is -3.16. The number of nitrogens with one attached hydrogen (secondary N) is 1. The maximum atomic E-state index is 12.6. The third-order valence-corrected chi connectivity index (χ3v) is 4.06. The Kier molecular flexibility index (Phi) is 3.80. The molecule has 2 heterocycles. The number of hydrogen-bond donors (Lipinski definition) is 2. The second-order valence-electron chi connectivity index (χ2n) is 5.57. The van der Waals surface area contributed by atoms with Gasteiger partial charge in [-0.2, -0.15) is 0 Å². The van der Waals surface area contributed by atoms with E-state index in [1.165, 1.54) is 15.2 Å². The minimum atomic E-state index is -1.10. The van der Waals surface area contributed by atoms with E-state index in [9.17, 15) is 19.2 Å². The van der Waals surface area contributed by atoms with Crippen molar-refractivity contribution in [3.63, 3.8) is 0 Å². The number of nitrogens with zero attached hydrogens (tertiary/aromatic N) is 2. The molecular weight excluding hydrogens is 314 g/mol. The predicted octanol–water partition coefficient (Wildman–Crippen LogP) is 0.416. The van der Waals surface area contributed by atoms with E-state index in [1.807, 2.05) is 0 Å². The Bertz CT molecular complexity index is 951. The minimum absolute atomic E-state index is 0.165. The zero-order chi connectivity index (χ0) is 17.4. The summed E-state index contributed by atoms with van der Waals surface area (Å²) in [6.07, 6.45) is 2.80. The highest BCUT2D eigenvalue weighted by atomic mass is 16.4. The number of piperidine rings is 1. The molecular formula is C16H15N3O5. The molecule has 0 bridgehead atoms. The van der Waals surface area contributed by atoms with E-state index in [-0.39, 0.29) is 18.7 Å². The van der Waals surface area contributed by atoms with Crippen LogP contribution in [0.25, 0.3) is 17.1 Å². The number of imide groups is 1. The first-order valence-electron chi connectivity index (χ1n) is 7.35. The average molecular weight is 329 g/mol. The first-order valence-corrected chi connectivity index (χ1v) is 7.35. The molecule has 1 aromatic heterocycles. The molecule has 1 unspecified atom stereocenters. The molecule has 0 saturated carbocycles. The predicted molar refractivity (Wildman–Crippen MR) is 85.3 cm³/mol. The number of carbonyl (C=O) groups is 3. The molecule has 1 aliphatic rings. The lowest BCUT2D eigenvalue weighted by Crippen LogP contribution is -2.44. The van der Waals surface area contributed by atoms with Gasteiger partial charge in [0.25, 0.3) is 0 Å².